The Kier molecular flexibility index (Phi) is 2.69. The first-order valence-corrected chi connectivity index (χ1v) is 6.11. The second-order valence-electron chi connectivity index (χ2n) is 5.02. The van der Waals surface area contributed by atoms with E-state index in [0.717, 1.165) is 12.3 Å². The van der Waals surface area contributed by atoms with Crippen LogP contribution in [0.3, 0.4) is 0 Å². The average molecular weight is 293 g/mol. The monoisotopic (exact) mass is 293 g/mol. The molecule has 3 heterocycles. The predicted octanol–water partition coefficient (Wildman–Crippen LogP) is 2.53. The molecule has 5 nitrogen and oxygen atoms in total. The lowest BCUT2D eigenvalue weighted by Gasteiger charge is -2.26. The van der Waals surface area contributed by atoms with Gasteiger partial charge in [0.25, 0.3) is 0 Å². The quantitative estimate of drug-likeness (QED) is 0.848. The molecule has 2 unspecified atom stereocenters. The maximum absolute atomic E-state index is 12.8. The molecule has 0 spiro atoms. The lowest BCUT2D eigenvalue weighted by atomic mass is 9.82. The summed E-state index contributed by atoms with van der Waals surface area (Å²) in [6.07, 6.45) is -0.681. The van der Waals surface area contributed by atoms with Crippen molar-refractivity contribution < 1.29 is 13.2 Å². The van der Waals surface area contributed by atoms with Crippen molar-refractivity contribution in [3.05, 3.63) is 29.6 Å². The Morgan fingerprint density at radius 1 is 1.43 bits per heavy atom. The van der Waals surface area contributed by atoms with Gasteiger partial charge in [0.1, 0.15) is 11.6 Å². The van der Waals surface area contributed by atoms with Gasteiger partial charge in [-0.3, -0.25) is 5.43 Å². The number of alkyl halides is 3. The van der Waals surface area contributed by atoms with E-state index < -0.39 is 23.2 Å². The van der Waals surface area contributed by atoms with Crippen LogP contribution in [0, 0.1) is 17.2 Å². The molecule has 0 fully saturated rings. The minimum atomic E-state index is -4.47. The maximum atomic E-state index is 12.8. The zero-order valence-corrected chi connectivity index (χ0v) is 10.9. The highest BCUT2D eigenvalue weighted by molar-refractivity contribution is 5.83. The largest absolute Gasteiger partial charge is 0.417 e. The molecule has 21 heavy (non-hydrogen) atoms. The molecule has 0 saturated heterocycles. The van der Waals surface area contributed by atoms with Crippen molar-refractivity contribution in [2.45, 2.75) is 18.6 Å². The number of aromatic nitrogens is 2. The van der Waals surface area contributed by atoms with E-state index in [0.29, 0.717) is 16.6 Å². The lowest BCUT2D eigenvalue weighted by molar-refractivity contribution is -0.137. The van der Waals surface area contributed by atoms with Crippen LogP contribution in [0.25, 0.3) is 11.0 Å². The number of pyridine rings is 1. The fraction of sp³-hybridized carbons (Fsp3) is 0.308. The van der Waals surface area contributed by atoms with Gasteiger partial charge in [0, 0.05) is 29.6 Å². The molecular weight excluding hydrogens is 283 g/mol. The second kappa shape index (κ2) is 4.22. The molecule has 1 aliphatic rings. The summed E-state index contributed by atoms with van der Waals surface area (Å²) in [6.45, 7) is 1.72. The summed E-state index contributed by atoms with van der Waals surface area (Å²) < 4.78 is 38.5. The molecule has 2 atom stereocenters. The van der Waals surface area contributed by atoms with Crippen LogP contribution in [-0.4, -0.2) is 16.2 Å². The number of hydrogen-bond acceptors (Lipinski definition) is 4. The highest BCUT2D eigenvalue weighted by Gasteiger charge is 2.41. The third-order valence-corrected chi connectivity index (χ3v) is 3.70. The minimum absolute atomic E-state index is 0.325. The molecule has 0 radical (unpaired) electrons. The van der Waals surface area contributed by atoms with Crippen molar-refractivity contribution in [3.8, 4) is 6.07 Å². The Labute approximate surface area is 117 Å². The van der Waals surface area contributed by atoms with E-state index in [4.69, 9.17) is 5.26 Å². The van der Waals surface area contributed by atoms with Crippen LogP contribution in [0.5, 0.6) is 0 Å². The Morgan fingerprint density at radius 2 is 2.19 bits per heavy atom. The van der Waals surface area contributed by atoms with E-state index in [1.54, 1.807) is 13.1 Å². The fourth-order valence-corrected chi connectivity index (χ4v) is 2.44. The molecule has 8 heteroatoms. The highest BCUT2D eigenvalue weighted by atomic mass is 19.4. The van der Waals surface area contributed by atoms with Gasteiger partial charge < -0.3 is 4.98 Å². The molecule has 1 aliphatic heterocycles. The average Bonchev–Trinajstić information content (AvgIpc) is 3.00. The SMILES string of the molecule is CC1(c2c[nH]c3ncc(C(F)(F)F)cc23)NN=CC1C#N. The van der Waals surface area contributed by atoms with E-state index >= 15 is 0 Å². The van der Waals surface area contributed by atoms with Crippen LogP contribution in [-0.2, 0) is 11.7 Å². The van der Waals surface area contributed by atoms with Crippen molar-refractivity contribution in [3.63, 3.8) is 0 Å². The van der Waals surface area contributed by atoms with E-state index in [2.05, 4.69) is 26.6 Å². The van der Waals surface area contributed by atoms with Gasteiger partial charge in [-0.15, -0.1) is 0 Å². The van der Waals surface area contributed by atoms with E-state index in [1.165, 1.54) is 6.21 Å². The minimum Gasteiger partial charge on any atom is -0.346 e. The number of nitrogens with zero attached hydrogens (tertiary/aromatic N) is 3. The van der Waals surface area contributed by atoms with Crippen molar-refractivity contribution in [1.82, 2.24) is 15.4 Å². The molecule has 0 aromatic carbocycles. The Hall–Kier alpha value is -2.56. The van der Waals surface area contributed by atoms with Crippen LogP contribution in [0.4, 0.5) is 13.2 Å². The van der Waals surface area contributed by atoms with Crippen molar-refractivity contribution in [2.24, 2.45) is 11.0 Å². The summed E-state index contributed by atoms with van der Waals surface area (Å²) in [5, 5.41) is 13.4. The number of halogens is 3. The summed E-state index contributed by atoms with van der Waals surface area (Å²) in [4.78, 5) is 6.62. The standard InChI is InChI=1S/C13H10F3N5/c1-12(8(3-17)5-20-21-12)10-6-19-11-9(10)2-7(4-18-11)13(14,15)16/h2,4-6,8,21H,1H3,(H,18,19). The topological polar surface area (TPSA) is 76.9 Å². The van der Waals surface area contributed by atoms with Crippen molar-refractivity contribution in [2.75, 3.05) is 0 Å². The number of aromatic amines is 1. The molecule has 2 aromatic rings. The summed E-state index contributed by atoms with van der Waals surface area (Å²) in [5.74, 6) is -0.578. The number of nitrogens with one attached hydrogen (secondary N) is 2. The predicted molar refractivity (Wildman–Crippen MR) is 69.2 cm³/mol. The number of nitriles is 1. The van der Waals surface area contributed by atoms with Crippen LogP contribution in [0.2, 0.25) is 0 Å². The number of H-pyrrole nitrogens is 1. The summed E-state index contributed by atoms with van der Waals surface area (Å²) in [6, 6.07) is 3.12. The Balaban J connectivity index is 2.18. The van der Waals surface area contributed by atoms with Crippen LogP contribution >= 0.6 is 0 Å². The fourth-order valence-electron chi connectivity index (χ4n) is 2.44. The summed E-state index contributed by atoms with van der Waals surface area (Å²) >= 11 is 0. The third kappa shape index (κ3) is 1.93. The van der Waals surface area contributed by atoms with Gasteiger partial charge in [-0.1, -0.05) is 0 Å². The van der Waals surface area contributed by atoms with Crippen LogP contribution < -0.4 is 5.43 Å². The third-order valence-electron chi connectivity index (χ3n) is 3.70. The molecule has 0 saturated carbocycles. The Bertz CT molecular complexity index is 770. The molecule has 2 aromatic heterocycles. The number of fused-ring (bicyclic) bond motifs is 1. The van der Waals surface area contributed by atoms with Gasteiger partial charge in [-0.2, -0.15) is 23.5 Å². The maximum Gasteiger partial charge on any atom is 0.417 e. The molecule has 2 N–H and O–H groups in total. The highest BCUT2D eigenvalue weighted by Crippen LogP contribution is 2.38. The molecule has 0 aliphatic carbocycles. The van der Waals surface area contributed by atoms with Crippen molar-refractivity contribution in [1.29, 1.82) is 5.26 Å². The number of rotatable bonds is 1. The van der Waals surface area contributed by atoms with Gasteiger partial charge >= 0.3 is 6.18 Å². The molecule has 3 rings (SSSR count). The smallest absolute Gasteiger partial charge is 0.346 e. The van der Waals surface area contributed by atoms with Crippen molar-refractivity contribution >= 4 is 17.2 Å². The molecule has 0 bridgehead atoms. The first-order chi connectivity index (χ1) is 9.86. The van der Waals surface area contributed by atoms with Crippen LogP contribution in [0.15, 0.2) is 23.6 Å². The zero-order chi connectivity index (χ0) is 15.3. The van der Waals surface area contributed by atoms with E-state index in [1.807, 2.05) is 0 Å². The first-order valence-electron chi connectivity index (χ1n) is 6.11. The molecule has 0 amide bonds. The lowest BCUT2D eigenvalue weighted by Crippen LogP contribution is -2.38. The number of hydrazone groups is 1. The second-order valence-corrected chi connectivity index (χ2v) is 5.02. The Morgan fingerprint density at radius 3 is 2.86 bits per heavy atom. The number of hydrogen-bond donors (Lipinski definition) is 2. The van der Waals surface area contributed by atoms with Gasteiger partial charge in [0.15, 0.2) is 0 Å². The first kappa shape index (κ1) is 13.4. The van der Waals surface area contributed by atoms with Gasteiger partial charge in [-0.05, 0) is 13.0 Å². The van der Waals surface area contributed by atoms with Gasteiger partial charge in [0.2, 0.25) is 0 Å². The van der Waals surface area contributed by atoms with Crippen LogP contribution in [0.1, 0.15) is 18.1 Å². The van der Waals surface area contributed by atoms with E-state index in [9.17, 15) is 13.2 Å². The van der Waals surface area contributed by atoms with E-state index in [-0.39, 0.29) is 0 Å². The zero-order valence-electron chi connectivity index (χ0n) is 10.9. The van der Waals surface area contributed by atoms with Gasteiger partial charge in [-0.25, -0.2) is 4.98 Å². The normalized spacial score (nSPS) is 25.0. The summed E-state index contributed by atoms with van der Waals surface area (Å²) in [7, 11) is 0. The van der Waals surface area contributed by atoms with Gasteiger partial charge in [0.05, 0.1) is 17.2 Å². The molecule has 108 valence electrons. The summed E-state index contributed by atoms with van der Waals surface area (Å²) in [5.41, 5.74) is 1.95. The molecular formula is C13H10F3N5.